The third-order valence-corrected chi connectivity index (χ3v) is 2.62. The summed E-state index contributed by atoms with van der Waals surface area (Å²) in [6.45, 7) is 3.48. The van der Waals surface area contributed by atoms with E-state index in [9.17, 15) is 10.1 Å². The van der Waals surface area contributed by atoms with Gasteiger partial charge >= 0.3 is 0 Å². The second-order valence-electron chi connectivity index (χ2n) is 4.47. The summed E-state index contributed by atoms with van der Waals surface area (Å²) in [6, 6.07) is 5.32. The fourth-order valence-corrected chi connectivity index (χ4v) is 1.57. The molecule has 0 radical (unpaired) electrons. The molecule has 0 aromatic heterocycles. The van der Waals surface area contributed by atoms with E-state index in [1.54, 1.807) is 6.07 Å². The molecule has 5 heteroatoms. The smallest absolute Gasteiger partial charge is 0.292 e. The first-order valence-electron chi connectivity index (χ1n) is 5.52. The van der Waals surface area contributed by atoms with Crippen molar-refractivity contribution in [3.63, 3.8) is 0 Å². The number of nitro groups is 1. The van der Waals surface area contributed by atoms with Crippen LogP contribution in [0.1, 0.15) is 5.56 Å². The molecule has 0 saturated heterocycles. The normalized spacial score (nSPS) is 10.6. The highest BCUT2D eigenvalue weighted by molar-refractivity contribution is 5.63. The zero-order valence-electron chi connectivity index (χ0n) is 10.8. The topological polar surface area (TPSA) is 49.6 Å². The average molecular weight is 237 g/mol. The molecule has 17 heavy (non-hydrogen) atoms. The Morgan fingerprint density at radius 3 is 2.41 bits per heavy atom. The van der Waals surface area contributed by atoms with E-state index in [0.29, 0.717) is 5.69 Å². The van der Waals surface area contributed by atoms with Gasteiger partial charge < -0.3 is 9.80 Å². The van der Waals surface area contributed by atoms with E-state index >= 15 is 0 Å². The van der Waals surface area contributed by atoms with Gasteiger partial charge in [0.05, 0.1) is 4.92 Å². The summed E-state index contributed by atoms with van der Waals surface area (Å²) in [7, 11) is 5.84. The van der Waals surface area contributed by atoms with Crippen LogP contribution in [0.5, 0.6) is 0 Å². The molecule has 0 saturated carbocycles. The highest BCUT2D eigenvalue weighted by atomic mass is 16.6. The molecule has 0 aliphatic heterocycles. The van der Waals surface area contributed by atoms with Gasteiger partial charge in [0.1, 0.15) is 5.69 Å². The third-order valence-electron chi connectivity index (χ3n) is 2.62. The summed E-state index contributed by atoms with van der Waals surface area (Å²) in [4.78, 5) is 14.6. The summed E-state index contributed by atoms with van der Waals surface area (Å²) in [5, 5.41) is 11.0. The summed E-state index contributed by atoms with van der Waals surface area (Å²) < 4.78 is 0. The molecule has 0 heterocycles. The number of nitrogens with zero attached hydrogens (tertiary/aromatic N) is 3. The number of aryl methyl sites for hydroxylation is 1. The minimum Gasteiger partial charge on any atom is -0.368 e. The van der Waals surface area contributed by atoms with E-state index in [4.69, 9.17) is 0 Å². The lowest BCUT2D eigenvalue weighted by Gasteiger charge is -2.21. The number of likely N-dealkylation sites (N-methyl/N-ethyl adjacent to an activating group) is 2. The first-order valence-corrected chi connectivity index (χ1v) is 5.52. The summed E-state index contributed by atoms with van der Waals surface area (Å²) in [6.07, 6.45) is 0. The van der Waals surface area contributed by atoms with Crippen LogP contribution in [-0.4, -0.2) is 44.1 Å². The second kappa shape index (κ2) is 5.63. The van der Waals surface area contributed by atoms with Crippen LogP contribution in [0.15, 0.2) is 18.2 Å². The van der Waals surface area contributed by atoms with E-state index in [2.05, 4.69) is 4.90 Å². The van der Waals surface area contributed by atoms with Gasteiger partial charge in [-0.25, -0.2) is 0 Å². The SMILES string of the molecule is Cc1ccc(N(C)CCN(C)C)c([N+](=O)[O-])c1. The van der Waals surface area contributed by atoms with Crippen LogP contribution < -0.4 is 4.90 Å². The number of benzene rings is 1. The van der Waals surface area contributed by atoms with Crippen molar-refractivity contribution in [2.75, 3.05) is 39.1 Å². The molecule has 0 N–H and O–H groups in total. The van der Waals surface area contributed by atoms with Crippen LogP contribution in [0.4, 0.5) is 11.4 Å². The van der Waals surface area contributed by atoms with Gasteiger partial charge in [0.15, 0.2) is 0 Å². The number of rotatable bonds is 5. The predicted octanol–water partition coefficient (Wildman–Crippen LogP) is 1.90. The molecular formula is C12H19N3O2. The van der Waals surface area contributed by atoms with Crippen LogP contribution in [0.2, 0.25) is 0 Å². The first-order chi connectivity index (χ1) is 7.91. The van der Waals surface area contributed by atoms with Gasteiger partial charge in [-0.05, 0) is 32.6 Å². The first kappa shape index (κ1) is 13.4. The van der Waals surface area contributed by atoms with E-state index in [-0.39, 0.29) is 10.6 Å². The number of anilines is 1. The van der Waals surface area contributed by atoms with Gasteiger partial charge in [0, 0.05) is 26.2 Å². The molecule has 0 aliphatic rings. The van der Waals surface area contributed by atoms with Crippen molar-refractivity contribution >= 4 is 11.4 Å². The maximum atomic E-state index is 11.0. The predicted molar refractivity (Wildman–Crippen MR) is 69.7 cm³/mol. The van der Waals surface area contributed by atoms with Gasteiger partial charge in [-0.1, -0.05) is 6.07 Å². The van der Waals surface area contributed by atoms with Crippen LogP contribution in [0.3, 0.4) is 0 Å². The fourth-order valence-electron chi connectivity index (χ4n) is 1.57. The molecule has 5 nitrogen and oxygen atoms in total. The quantitative estimate of drug-likeness (QED) is 0.579. The van der Waals surface area contributed by atoms with Crippen LogP contribution in [0, 0.1) is 17.0 Å². The molecule has 1 aromatic rings. The van der Waals surface area contributed by atoms with Gasteiger partial charge in [0.2, 0.25) is 0 Å². The van der Waals surface area contributed by atoms with Crippen molar-refractivity contribution in [3.05, 3.63) is 33.9 Å². The second-order valence-corrected chi connectivity index (χ2v) is 4.47. The summed E-state index contributed by atoms with van der Waals surface area (Å²) in [5.41, 5.74) is 1.75. The van der Waals surface area contributed by atoms with Crippen molar-refractivity contribution in [1.82, 2.24) is 4.90 Å². The molecular weight excluding hydrogens is 218 g/mol. The van der Waals surface area contributed by atoms with Crippen molar-refractivity contribution in [2.45, 2.75) is 6.92 Å². The monoisotopic (exact) mass is 237 g/mol. The minimum absolute atomic E-state index is 0.172. The Kier molecular flexibility index (Phi) is 4.45. The Hall–Kier alpha value is -1.62. The standard InChI is InChI=1S/C12H19N3O2/c1-10-5-6-11(12(9-10)15(16)17)14(4)8-7-13(2)3/h5-6,9H,7-8H2,1-4H3. The van der Waals surface area contributed by atoms with Gasteiger partial charge in [0.25, 0.3) is 5.69 Å². The lowest BCUT2D eigenvalue weighted by atomic mass is 10.2. The molecule has 0 fully saturated rings. The van der Waals surface area contributed by atoms with Crippen molar-refractivity contribution in [3.8, 4) is 0 Å². The van der Waals surface area contributed by atoms with Gasteiger partial charge in [-0.2, -0.15) is 0 Å². The van der Waals surface area contributed by atoms with Crippen molar-refractivity contribution < 1.29 is 4.92 Å². The minimum atomic E-state index is -0.325. The molecule has 1 rings (SSSR count). The number of hydrogen-bond acceptors (Lipinski definition) is 4. The molecule has 0 amide bonds. The molecule has 0 atom stereocenters. The van der Waals surface area contributed by atoms with Crippen LogP contribution >= 0.6 is 0 Å². The molecule has 0 bridgehead atoms. The third kappa shape index (κ3) is 3.71. The van der Waals surface area contributed by atoms with Crippen LogP contribution in [-0.2, 0) is 0 Å². The van der Waals surface area contributed by atoms with E-state index < -0.39 is 0 Å². The lowest BCUT2D eigenvalue weighted by molar-refractivity contribution is -0.384. The zero-order chi connectivity index (χ0) is 13.0. The van der Waals surface area contributed by atoms with Gasteiger partial charge in [-0.15, -0.1) is 0 Å². The molecule has 1 aromatic carbocycles. The van der Waals surface area contributed by atoms with Crippen LogP contribution in [0.25, 0.3) is 0 Å². The molecule has 0 unspecified atom stereocenters. The van der Waals surface area contributed by atoms with Crippen molar-refractivity contribution in [2.24, 2.45) is 0 Å². The zero-order valence-corrected chi connectivity index (χ0v) is 10.8. The number of nitro benzene ring substituents is 1. The summed E-state index contributed by atoms with van der Waals surface area (Å²) in [5.74, 6) is 0. The Balaban J connectivity index is 2.92. The van der Waals surface area contributed by atoms with Gasteiger partial charge in [-0.3, -0.25) is 10.1 Å². The highest BCUT2D eigenvalue weighted by Gasteiger charge is 2.16. The molecule has 94 valence electrons. The maximum Gasteiger partial charge on any atom is 0.292 e. The Bertz CT molecular complexity index is 405. The van der Waals surface area contributed by atoms with Crippen molar-refractivity contribution in [1.29, 1.82) is 0 Å². The Morgan fingerprint density at radius 2 is 1.88 bits per heavy atom. The molecule has 0 aliphatic carbocycles. The maximum absolute atomic E-state index is 11.0. The fraction of sp³-hybridized carbons (Fsp3) is 0.500. The van der Waals surface area contributed by atoms with E-state index in [1.807, 2.05) is 45.1 Å². The lowest BCUT2D eigenvalue weighted by Crippen LogP contribution is -2.28. The Labute approximate surface area is 102 Å². The number of hydrogen-bond donors (Lipinski definition) is 0. The Morgan fingerprint density at radius 1 is 1.24 bits per heavy atom. The van der Waals surface area contributed by atoms with E-state index in [1.165, 1.54) is 0 Å². The summed E-state index contributed by atoms with van der Waals surface area (Å²) >= 11 is 0. The largest absolute Gasteiger partial charge is 0.368 e. The van der Waals surface area contributed by atoms with E-state index in [0.717, 1.165) is 18.7 Å². The highest BCUT2D eigenvalue weighted by Crippen LogP contribution is 2.27. The molecule has 0 spiro atoms. The average Bonchev–Trinajstić information content (AvgIpc) is 2.25.